The van der Waals surface area contributed by atoms with E-state index < -0.39 is 5.82 Å². The monoisotopic (exact) mass is 442 g/mol. The number of fused-ring (bicyclic) bond motifs is 1. The zero-order valence-corrected chi connectivity index (χ0v) is 18.1. The number of nitrogens with zero attached hydrogens (tertiary/aromatic N) is 3. The van der Waals surface area contributed by atoms with Crippen LogP contribution in [0.2, 0.25) is 5.02 Å². The maximum absolute atomic E-state index is 15.4. The number of hydrogen-bond donors (Lipinski definition) is 1. The summed E-state index contributed by atoms with van der Waals surface area (Å²) in [6.07, 6.45) is 1.20. The van der Waals surface area contributed by atoms with Gasteiger partial charge in [-0.25, -0.2) is 9.37 Å². The van der Waals surface area contributed by atoms with Gasteiger partial charge < -0.3 is 19.5 Å². The number of imidazole rings is 1. The first-order valence-corrected chi connectivity index (χ1v) is 11.0. The number of hydrogen-bond acceptors (Lipinski definition) is 4. The smallest absolute Gasteiger partial charge is 0.227 e. The number of amides is 1. The normalized spacial score (nSPS) is 19.5. The lowest BCUT2D eigenvalue weighted by molar-refractivity contribution is -0.117. The molecule has 0 spiro atoms. The van der Waals surface area contributed by atoms with E-state index in [1.165, 1.54) is 6.07 Å². The summed E-state index contributed by atoms with van der Waals surface area (Å²) in [6.45, 7) is 5.30. The van der Waals surface area contributed by atoms with Gasteiger partial charge in [0.05, 0.1) is 40.9 Å². The maximum Gasteiger partial charge on any atom is 0.227 e. The highest BCUT2D eigenvalue weighted by atomic mass is 35.5. The molecule has 6 nitrogen and oxygen atoms in total. The maximum atomic E-state index is 15.4. The van der Waals surface area contributed by atoms with Gasteiger partial charge in [-0.2, -0.15) is 0 Å². The van der Waals surface area contributed by atoms with Gasteiger partial charge in [-0.3, -0.25) is 4.79 Å². The summed E-state index contributed by atoms with van der Waals surface area (Å²) in [5, 5.41) is 3.57. The molecule has 2 aliphatic rings. The molecule has 2 fully saturated rings. The van der Waals surface area contributed by atoms with Crippen molar-refractivity contribution < 1.29 is 13.9 Å². The highest BCUT2D eigenvalue weighted by Crippen LogP contribution is 2.37. The molecule has 1 amide bonds. The van der Waals surface area contributed by atoms with Gasteiger partial charge in [0.15, 0.2) is 0 Å². The molecule has 3 aromatic rings. The third-order valence-electron chi connectivity index (χ3n) is 5.93. The van der Waals surface area contributed by atoms with E-state index in [0.29, 0.717) is 37.6 Å². The predicted molar refractivity (Wildman–Crippen MR) is 119 cm³/mol. The third-order valence-corrected chi connectivity index (χ3v) is 6.23. The van der Waals surface area contributed by atoms with Crippen molar-refractivity contribution in [2.75, 3.05) is 31.1 Å². The molecule has 2 aromatic carbocycles. The fourth-order valence-corrected chi connectivity index (χ4v) is 4.69. The number of rotatable bonds is 4. The van der Waals surface area contributed by atoms with E-state index in [2.05, 4.69) is 5.32 Å². The van der Waals surface area contributed by atoms with Gasteiger partial charge in [0, 0.05) is 31.7 Å². The second-order valence-electron chi connectivity index (χ2n) is 8.17. The Balaban J connectivity index is 1.62. The van der Waals surface area contributed by atoms with Crippen LogP contribution in [0.3, 0.4) is 0 Å². The Hall–Kier alpha value is -2.48. The highest BCUT2D eigenvalue weighted by molar-refractivity contribution is 6.33. The molecule has 2 saturated heterocycles. The first-order valence-electron chi connectivity index (χ1n) is 10.6. The number of morpholine rings is 1. The van der Waals surface area contributed by atoms with Crippen LogP contribution >= 0.6 is 11.6 Å². The number of ether oxygens (including phenoxy) is 1. The Kier molecular flexibility index (Phi) is 5.42. The summed E-state index contributed by atoms with van der Waals surface area (Å²) >= 11 is 6.59. The minimum atomic E-state index is -0.488. The summed E-state index contributed by atoms with van der Waals surface area (Å²) in [7, 11) is 0. The van der Waals surface area contributed by atoms with Crippen LogP contribution in [-0.4, -0.2) is 47.8 Å². The molecule has 0 bridgehead atoms. The van der Waals surface area contributed by atoms with Gasteiger partial charge in [0.1, 0.15) is 11.6 Å². The molecule has 0 unspecified atom stereocenters. The van der Waals surface area contributed by atoms with Crippen LogP contribution in [0, 0.1) is 12.7 Å². The topological polar surface area (TPSA) is 59.4 Å². The Morgan fingerprint density at radius 3 is 2.90 bits per heavy atom. The molecular formula is C23H24ClFN4O2. The summed E-state index contributed by atoms with van der Waals surface area (Å²) < 4.78 is 23.3. The number of anilines is 1. The lowest BCUT2D eigenvalue weighted by Gasteiger charge is -2.25. The van der Waals surface area contributed by atoms with Crippen LogP contribution in [0.1, 0.15) is 18.4 Å². The Labute approximate surface area is 185 Å². The van der Waals surface area contributed by atoms with Crippen LogP contribution in [0.15, 0.2) is 30.3 Å². The fourth-order valence-electron chi connectivity index (χ4n) is 4.41. The number of halogens is 2. The van der Waals surface area contributed by atoms with Gasteiger partial charge in [0.25, 0.3) is 0 Å². The molecule has 2 aliphatic heterocycles. The second-order valence-corrected chi connectivity index (χ2v) is 8.58. The van der Waals surface area contributed by atoms with Crippen LogP contribution in [0.4, 0.5) is 10.1 Å². The number of aryl methyl sites for hydroxylation is 1. The van der Waals surface area contributed by atoms with E-state index in [9.17, 15) is 4.79 Å². The number of nitrogens with one attached hydrogen (secondary N) is 1. The molecule has 0 aliphatic carbocycles. The molecular weight excluding hydrogens is 419 g/mol. The van der Waals surface area contributed by atoms with Crippen molar-refractivity contribution in [1.82, 2.24) is 14.9 Å². The lowest BCUT2D eigenvalue weighted by Crippen LogP contribution is -2.40. The van der Waals surface area contributed by atoms with Gasteiger partial charge in [0.2, 0.25) is 5.91 Å². The van der Waals surface area contributed by atoms with Crippen molar-refractivity contribution in [2.45, 2.75) is 32.4 Å². The van der Waals surface area contributed by atoms with Gasteiger partial charge in [-0.15, -0.1) is 0 Å². The molecule has 5 rings (SSSR count). The predicted octanol–water partition coefficient (Wildman–Crippen LogP) is 3.92. The third kappa shape index (κ3) is 3.82. The lowest BCUT2D eigenvalue weighted by atomic mass is 10.1. The number of carbonyl (C=O) groups is 1. The molecule has 162 valence electrons. The van der Waals surface area contributed by atoms with Gasteiger partial charge in [-0.1, -0.05) is 17.7 Å². The molecule has 1 atom stereocenters. The molecule has 1 N–H and O–H groups in total. The van der Waals surface area contributed by atoms with Gasteiger partial charge >= 0.3 is 0 Å². The Morgan fingerprint density at radius 1 is 1.32 bits per heavy atom. The second kappa shape index (κ2) is 8.22. The zero-order valence-electron chi connectivity index (χ0n) is 17.3. The van der Waals surface area contributed by atoms with Crippen LogP contribution < -0.4 is 10.2 Å². The molecule has 0 radical (unpaired) electrons. The minimum absolute atomic E-state index is 0.00659. The van der Waals surface area contributed by atoms with Gasteiger partial charge in [-0.05, 0) is 43.2 Å². The van der Waals surface area contributed by atoms with E-state index in [0.717, 1.165) is 36.1 Å². The molecule has 31 heavy (non-hydrogen) atoms. The van der Waals surface area contributed by atoms with Crippen molar-refractivity contribution in [3.8, 4) is 11.4 Å². The summed E-state index contributed by atoms with van der Waals surface area (Å²) in [5.74, 6) is -0.0254. The largest absolute Gasteiger partial charge is 0.374 e. The summed E-state index contributed by atoms with van der Waals surface area (Å²) in [5.41, 5.74) is 3.51. The molecule has 3 heterocycles. The van der Waals surface area contributed by atoms with Crippen molar-refractivity contribution in [1.29, 1.82) is 0 Å². The Bertz CT molecular complexity index is 1130. The van der Waals surface area contributed by atoms with E-state index in [4.69, 9.17) is 21.3 Å². The summed E-state index contributed by atoms with van der Waals surface area (Å²) in [6, 6.07) is 9.05. The Morgan fingerprint density at radius 2 is 2.19 bits per heavy atom. The van der Waals surface area contributed by atoms with Crippen molar-refractivity contribution >= 4 is 34.2 Å². The highest BCUT2D eigenvalue weighted by Gasteiger charge is 2.27. The SMILES string of the molecule is Cc1ccc2c(c1)nc(-c1c(F)cc(N3CCCC3=O)cc1Cl)n2C[C@H]1CNCCO1. The standard InChI is InChI=1S/C23H24ClFN4O2/c1-14-4-5-20-19(9-14)27-23(29(20)13-16-12-26-6-8-31-16)22-17(24)10-15(11-18(22)25)28-7-2-3-21(28)30/h4-5,9-11,16,26H,2-3,6-8,12-13H2,1H3/t16-/m1/s1. The number of benzene rings is 2. The van der Waals surface area contributed by atoms with E-state index in [-0.39, 0.29) is 22.6 Å². The van der Waals surface area contributed by atoms with Crippen molar-refractivity contribution in [3.05, 3.63) is 46.7 Å². The quantitative estimate of drug-likeness (QED) is 0.665. The van der Waals surface area contributed by atoms with Crippen molar-refractivity contribution in [3.63, 3.8) is 0 Å². The van der Waals surface area contributed by atoms with Crippen LogP contribution in [0.25, 0.3) is 22.4 Å². The van der Waals surface area contributed by atoms with E-state index in [1.54, 1.807) is 11.0 Å². The number of aromatic nitrogens is 2. The minimum Gasteiger partial charge on any atom is -0.374 e. The van der Waals surface area contributed by atoms with Crippen LogP contribution in [0.5, 0.6) is 0 Å². The van der Waals surface area contributed by atoms with E-state index in [1.807, 2.05) is 29.7 Å². The first-order chi connectivity index (χ1) is 15.0. The molecule has 1 aromatic heterocycles. The fraction of sp³-hybridized carbons (Fsp3) is 0.391. The molecule has 0 saturated carbocycles. The average molecular weight is 443 g/mol. The van der Waals surface area contributed by atoms with Crippen LogP contribution in [-0.2, 0) is 16.1 Å². The zero-order chi connectivity index (χ0) is 21.5. The number of carbonyl (C=O) groups excluding carboxylic acids is 1. The summed E-state index contributed by atoms with van der Waals surface area (Å²) in [4.78, 5) is 18.4. The molecule has 8 heteroatoms. The average Bonchev–Trinajstić information content (AvgIpc) is 3.32. The first kappa shape index (κ1) is 20.4. The van der Waals surface area contributed by atoms with E-state index >= 15 is 4.39 Å². The van der Waals surface area contributed by atoms with Crippen molar-refractivity contribution in [2.24, 2.45) is 0 Å².